The van der Waals surface area contributed by atoms with E-state index in [0.717, 1.165) is 12.8 Å². The molecule has 1 unspecified atom stereocenters. The molecule has 0 radical (unpaired) electrons. The summed E-state index contributed by atoms with van der Waals surface area (Å²) in [6.45, 7) is 0.344. The number of aromatic nitrogens is 2. The lowest BCUT2D eigenvalue weighted by Gasteiger charge is -2.14. The van der Waals surface area contributed by atoms with E-state index in [1.165, 1.54) is 0 Å². The monoisotopic (exact) mass is 350 g/mol. The Labute approximate surface area is 113 Å². The molecule has 1 fully saturated rings. The molecule has 2 rings (SSSR count). The maximum atomic E-state index is 11.8. The van der Waals surface area contributed by atoms with E-state index in [1.54, 1.807) is 14.2 Å². The first-order chi connectivity index (χ1) is 8.17. The number of ether oxygens (including phenoxy) is 2. The van der Waals surface area contributed by atoms with E-state index < -0.39 is 0 Å². The Kier molecular flexibility index (Phi) is 4.16. The molecule has 1 saturated carbocycles. The molecule has 1 N–H and O–H groups in total. The van der Waals surface area contributed by atoms with Gasteiger partial charge in [0.25, 0.3) is 5.56 Å². The summed E-state index contributed by atoms with van der Waals surface area (Å²) in [7, 11) is 3.24. The van der Waals surface area contributed by atoms with Crippen molar-refractivity contribution in [1.29, 1.82) is 0 Å². The van der Waals surface area contributed by atoms with Gasteiger partial charge in [-0.25, -0.2) is 4.98 Å². The van der Waals surface area contributed by atoms with Crippen LogP contribution in [0.3, 0.4) is 0 Å². The maximum absolute atomic E-state index is 11.8. The standard InChI is InChI=1S/C11H15IN2O3/c1-16-5-7-8(12)11(15)14-10(13-7)9(17-2)6-3-4-6/h6,9H,3-5H2,1-2H3,(H,13,14,15). The topological polar surface area (TPSA) is 64.2 Å². The van der Waals surface area contributed by atoms with Gasteiger partial charge in [-0.05, 0) is 41.4 Å². The third kappa shape index (κ3) is 2.86. The van der Waals surface area contributed by atoms with Crippen molar-refractivity contribution in [3.63, 3.8) is 0 Å². The van der Waals surface area contributed by atoms with Gasteiger partial charge in [-0.1, -0.05) is 0 Å². The Hall–Kier alpha value is -0.470. The smallest absolute Gasteiger partial charge is 0.264 e. The van der Waals surface area contributed by atoms with Gasteiger partial charge in [-0.3, -0.25) is 4.79 Å². The zero-order valence-corrected chi connectivity index (χ0v) is 12.0. The lowest BCUT2D eigenvalue weighted by atomic mass is 10.2. The minimum Gasteiger partial charge on any atom is -0.378 e. The fraction of sp³-hybridized carbons (Fsp3) is 0.636. The second kappa shape index (κ2) is 5.45. The summed E-state index contributed by atoms with van der Waals surface area (Å²) in [6.07, 6.45) is 2.16. The molecule has 0 saturated heterocycles. The minimum atomic E-state index is -0.120. The van der Waals surface area contributed by atoms with E-state index in [4.69, 9.17) is 9.47 Å². The largest absolute Gasteiger partial charge is 0.378 e. The summed E-state index contributed by atoms with van der Waals surface area (Å²) in [4.78, 5) is 19.0. The number of hydrogen-bond acceptors (Lipinski definition) is 4. The SMILES string of the molecule is COCc1nc(C(OC)C2CC2)[nH]c(=O)c1I. The number of halogens is 1. The van der Waals surface area contributed by atoms with E-state index in [0.29, 0.717) is 27.6 Å². The molecule has 1 atom stereocenters. The summed E-state index contributed by atoms with van der Waals surface area (Å²) in [5.41, 5.74) is 0.555. The van der Waals surface area contributed by atoms with E-state index in [1.807, 2.05) is 22.6 Å². The average Bonchev–Trinajstić information content (AvgIpc) is 3.11. The van der Waals surface area contributed by atoms with Crippen LogP contribution < -0.4 is 5.56 Å². The molecule has 0 aliphatic heterocycles. The summed E-state index contributed by atoms with van der Waals surface area (Å²) in [6, 6.07) is 0. The normalized spacial score (nSPS) is 17.1. The molecule has 0 bridgehead atoms. The lowest BCUT2D eigenvalue weighted by Crippen LogP contribution is -2.21. The number of nitrogens with zero attached hydrogens (tertiary/aromatic N) is 1. The van der Waals surface area contributed by atoms with Crippen molar-refractivity contribution in [3.8, 4) is 0 Å². The van der Waals surface area contributed by atoms with E-state index in [2.05, 4.69) is 9.97 Å². The molecular formula is C11H15IN2O3. The van der Waals surface area contributed by atoms with E-state index >= 15 is 0 Å². The zero-order chi connectivity index (χ0) is 12.4. The Balaban J connectivity index is 2.36. The molecule has 94 valence electrons. The number of aromatic amines is 1. The molecule has 1 heterocycles. The first-order valence-corrected chi connectivity index (χ1v) is 6.55. The zero-order valence-electron chi connectivity index (χ0n) is 9.83. The van der Waals surface area contributed by atoms with Crippen molar-refractivity contribution in [3.05, 3.63) is 25.4 Å². The Bertz CT molecular complexity index is 457. The molecule has 6 heteroatoms. The van der Waals surface area contributed by atoms with Gasteiger partial charge < -0.3 is 14.5 Å². The maximum Gasteiger partial charge on any atom is 0.264 e. The van der Waals surface area contributed by atoms with Crippen LogP contribution in [0.15, 0.2) is 4.79 Å². The molecular weight excluding hydrogens is 335 g/mol. The number of methoxy groups -OCH3 is 2. The van der Waals surface area contributed by atoms with Gasteiger partial charge in [0.2, 0.25) is 0 Å². The van der Waals surface area contributed by atoms with Crippen LogP contribution in [0.1, 0.15) is 30.5 Å². The van der Waals surface area contributed by atoms with Crippen LogP contribution in [0, 0.1) is 9.49 Å². The predicted molar refractivity (Wildman–Crippen MR) is 70.8 cm³/mol. The van der Waals surface area contributed by atoms with Gasteiger partial charge in [-0.15, -0.1) is 0 Å². The second-order valence-corrected chi connectivity index (χ2v) is 5.22. The van der Waals surface area contributed by atoms with Gasteiger partial charge in [0.05, 0.1) is 12.3 Å². The van der Waals surface area contributed by atoms with E-state index in [9.17, 15) is 4.79 Å². The van der Waals surface area contributed by atoms with Crippen molar-refractivity contribution in [1.82, 2.24) is 9.97 Å². The number of nitrogens with one attached hydrogen (secondary N) is 1. The van der Waals surface area contributed by atoms with Gasteiger partial charge in [0.15, 0.2) is 0 Å². The highest BCUT2D eigenvalue weighted by Gasteiger charge is 2.34. The second-order valence-electron chi connectivity index (χ2n) is 4.14. The van der Waals surface area contributed by atoms with Gasteiger partial charge in [-0.2, -0.15) is 0 Å². The van der Waals surface area contributed by atoms with E-state index in [-0.39, 0.29) is 11.7 Å². The molecule has 17 heavy (non-hydrogen) atoms. The highest BCUT2D eigenvalue weighted by molar-refractivity contribution is 14.1. The van der Waals surface area contributed by atoms with Gasteiger partial charge in [0, 0.05) is 14.2 Å². The summed E-state index contributed by atoms with van der Waals surface area (Å²) in [5.74, 6) is 1.10. The van der Waals surface area contributed by atoms with Gasteiger partial charge >= 0.3 is 0 Å². The molecule has 0 aromatic carbocycles. The van der Waals surface area contributed by atoms with Crippen LogP contribution in [0.5, 0.6) is 0 Å². The predicted octanol–water partition coefficient (Wildman–Crippen LogP) is 1.62. The number of rotatable bonds is 5. The molecule has 0 spiro atoms. The van der Waals surface area contributed by atoms with Crippen molar-refractivity contribution in [2.24, 2.45) is 5.92 Å². The van der Waals surface area contributed by atoms with Gasteiger partial charge in [0.1, 0.15) is 15.5 Å². The summed E-state index contributed by atoms with van der Waals surface area (Å²) < 4.78 is 11.0. The van der Waals surface area contributed by atoms with Crippen LogP contribution in [-0.4, -0.2) is 24.2 Å². The average molecular weight is 350 g/mol. The molecule has 1 aliphatic carbocycles. The molecule has 5 nitrogen and oxygen atoms in total. The minimum absolute atomic E-state index is 0.102. The van der Waals surface area contributed by atoms with Crippen LogP contribution >= 0.6 is 22.6 Å². The third-order valence-corrected chi connectivity index (χ3v) is 3.92. The highest BCUT2D eigenvalue weighted by atomic mass is 127. The number of H-pyrrole nitrogens is 1. The summed E-state index contributed by atoms with van der Waals surface area (Å²) in [5, 5.41) is 0. The van der Waals surface area contributed by atoms with Crippen LogP contribution in [0.25, 0.3) is 0 Å². The Morgan fingerprint density at radius 3 is 2.76 bits per heavy atom. The van der Waals surface area contributed by atoms with Crippen LogP contribution in [0.4, 0.5) is 0 Å². The molecule has 1 aromatic rings. The quantitative estimate of drug-likeness (QED) is 0.820. The van der Waals surface area contributed by atoms with Crippen molar-refractivity contribution in [2.75, 3.05) is 14.2 Å². The first kappa shape index (κ1) is 13.0. The first-order valence-electron chi connectivity index (χ1n) is 5.47. The fourth-order valence-corrected chi connectivity index (χ4v) is 2.23. The van der Waals surface area contributed by atoms with Crippen LogP contribution in [0.2, 0.25) is 0 Å². The third-order valence-electron chi connectivity index (χ3n) is 2.80. The fourth-order valence-electron chi connectivity index (χ4n) is 1.82. The Morgan fingerprint density at radius 1 is 1.53 bits per heavy atom. The van der Waals surface area contributed by atoms with Crippen molar-refractivity contribution >= 4 is 22.6 Å². The van der Waals surface area contributed by atoms with Crippen molar-refractivity contribution < 1.29 is 9.47 Å². The number of hydrogen-bond donors (Lipinski definition) is 1. The molecule has 1 aliphatic rings. The van der Waals surface area contributed by atoms with Crippen LogP contribution in [-0.2, 0) is 16.1 Å². The molecule has 0 amide bonds. The summed E-state index contributed by atoms with van der Waals surface area (Å²) >= 11 is 1.99. The van der Waals surface area contributed by atoms with Crippen molar-refractivity contribution in [2.45, 2.75) is 25.6 Å². The lowest BCUT2D eigenvalue weighted by molar-refractivity contribution is 0.0761. The highest BCUT2D eigenvalue weighted by Crippen LogP contribution is 2.41. The molecule has 1 aromatic heterocycles. The Morgan fingerprint density at radius 2 is 2.24 bits per heavy atom.